The number of rotatable bonds is 7. The Hall–Kier alpha value is -1.93. The number of amides is 1. The molecule has 1 atom stereocenters. The molecule has 7 nitrogen and oxygen atoms in total. The lowest BCUT2D eigenvalue weighted by Crippen LogP contribution is -2.50. The number of benzene rings is 1. The van der Waals surface area contributed by atoms with E-state index < -0.39 is 16.0 Å². The van der Waals surface area contributed by atoms with E-state index in [1.807, 2.05) is 12.1 Å². The van der Waals surface area contributed by atoms with E-state index in [4.69, 9.17) is 5.11 Å². The number of carbonyl (C=O) groups excluding carboxylic acids is 1. The van der Waals surface area contributed by atoms with Crippen molar-refractivity contribution in [2.45, 2.75) is 43.9 Å². The van der Waals surface area contributed by atoms with Gasteiger partial charge in [0.2, 0.25) is 15.9 Å². The molecule has 26 heavy (non-hydrogen) atoms. The molecule has 0 radical (unpaired) electrons. The maximum atomic E-state index is 12.8. The Balaban J connectivity index is 1.99. The van der Waals surface area contributed by atoms with Crippen molar-refractivity contribution in [2.75, 3.05) is 26.2 Å². The number of carboxylic acid groups (broad SMARTS) is 1. The average molecular weight is 382 g/mol. The number of carboxylic acids is 1. The minimum absolute atomic E-state index is 0.0564. The van der Waals surface area contributed by atoms with E-state index in [2.05, 4.69) is 13.8 Å². The summed E-state index contributed by atoms with van der Waals surface area (Å²) in [6.45, 7) is 5.18. The summed E-state index contributed by atoms with van der Waals surface area (Å²) in [7, 11) is -3.58. The highest BCUT2D eigenvalue weighted by Crippen LogP contribution is 2.23. The molecule has 0 saturated carbocycles. The smallest absolute Gasteiger partial charge is 0.303 e. The minimum atomic E-state index is -3.58. The van der Waals surface area contributed by atoms with Gasteiger partial charge in [-0.05, 0) is 30.0 Å². The number of carbonyl (C=O) groups is 2. The van der Waals surface area contributed by atoms with Crippen molar-refractivity contribution < 1.29 is 23.1 Å². The molecule has 1 aromatic carbocycles. The molecule has 0 bridgehead atoms. The fourth-order valence-corrected chi connectivity index (χ4v) is 4.33. The second-order valence-corrected chi connectivity index (χ2v) is 8.49. The molecule has 1 fully saturated rings. The summed E-state index contributed by atoms with van der Waals surface area (Å²) in [6, 6.07) is 6.99. The zero-order valence-electron chi connectivity index (χ0n) is 15.2. The molecule has 1 aromatic rings. The maximum Gasteiger partial charge on any atom is 0.303 e. The van der Waals surface area contributed by atoms with Crippen molar-refractivity contribution >= 4 is 21.9 Å². The van der Waals surface area contributed by atoms with Crippen LogP contribution in [0.4, 0.5) is 0 Å². The first-order valence-corrected chi connectivity index (χ1v) is 10.3. The first kappa shape index (κ1) is 20.4. The minimum Gasteiger partial charge on any atom is -0.481 e. The summed E-state index contributed by atoms with van der Waals surface area (Å²) in [4.78, 5) is 24.3. The molecule has 1 N–H and O–H groups in total. The van der Waals surface area contributed by atoms with Crippen LogP contribution in [0.25, 0.3) is 0 Å². The summed E-state index contributed by atoms with van der Waals surface area (Å²) in [5.41, 5.74) is 1.11. The van der Waals surface area contributed by atoms with Gasteiger partial charge in [-0.25, -0.2) is 8.42 Å². The number of aliphatic carboxylic acids is 1. The highest BCUT2D eigenvalue weighted by Gasteiger charge is 2.30. The maximum absolute atomic E-state index is 12.8. The van der Waals surface area contributed by atoms with E-state index in [-0.39, 0.29) is 49.8 Å². The van der Waals surface area contributed by atoms with Crippen LogP contribution in [-0.2, 0) is 19.6 Å². The Bertz CT molecular complexity index is 737. The number of hydrogen-bond donors (Lipinski definition) is 1. The third-order valence-corrected chi connectivity index (χ3v) is 6.76. The average Bonchev–Trinajstić information content (AvgIpc) is 2.65. The second kappa shape index (κ2) is 8.64. The Morgan fingerprint density at radius 1 is 1.08 bits per heavy atom. The van der Waals surface area contributed by atoms with Crippen LogP contribution < -0.4 is 0 Å². The molecule has 1 aliphatic rings. The van der Waals surface area contributed by atoms with Crippen LogP contribution in [0, 0.1) is 0 Å². The van der Waals surface area contributed by atoms with Crippen molar-refractivity contribution in [3.05, 3.63) is 29.8 Å². The third kappa shape index (κ3) is 4.82. The lowest BCUT2D eigenvalue weighted by molar-refractivity contribution is -0.141. The molecule has 2 rings (SSSR count). The topological polar surface area (TPSA) is 95.0 Å². The number of piperazine rings is 1. The van der Waals surface area contributed by atoms with E-state index in [1.165, 1.54) is 9.21 Å². The SMILES string of the molecule is CC[C@H](C)c1ccc(S(=O)(=O)N2CCN(C(=O)CCC(=O)O)CC2)cc1. The van der Waals surface area contributed by atoms with Gasteiger partial charge in [0.25, 0.3) is 0 Å². The first-order valence-electron chi connectivity index (χ1n) is 8.85. The Labute approximate surface area is 154 Å². The van der Waals surface area contributed by atoms with Gasteiger partial charge in [0, 0.05) is 32.6 Å². The summed E-state index contributed by atoms with van der Waals surface area (Å²) in [5.74, 6) is -0.880. The summed E-state index contributed by atoms with van der Waals surface area (Å²) in [6.07, 6.45) is 0.725. The van der Waals surface area contributed by atoms with Crippen LogP contribution in [0.5, 0.6) is 0 Å². The molecule has 8 heteroatoms. The third-order valence-electron chi connectivity index (χ3n) is 4.84. The Morgan fingerprint density at radius 3 is 2.15 bits per heavy atom. The van der Waals surface area contributed by atoms with Crippen molar-refractivity contribution in [3.63, 3.8) is 0 Å². The van der Waals surface area contributed by atoms with E-state index in [0.717, 1.165) is 12.0 Å². The lowest BCUT2D eigenvalue weighted by Gasteiger charge is -2.34. The number of hydrogen-bond acceptors (Lipinski definition) is 4. The zero-order chi connectivity index (χ0) is 19.3. The van der Waals surface area contributed by atoms with Crippen molar-refractivity contribution in [2.24, 2.45) is 0 Å². The normalized spacial score (nSPS) is 17.1. The molecule has 0 aliphatic carbocycles. The van der Waals surface area contributed by atoms with Gasteiger partial charge in [-0.2, -0.15) is 4.31 Å². The predicted molar refractivity (Wildman–Crippen MR) is 97.4 cm³/mol. The van der Waals surface area contributed by atoms with Gasteiger partial charge in [-0.3, -0.25) is 9.59 Å². The summed E-state index contributed by atoms with van der Waals surface area (Å²) >= 11 is 0. The van der Waals surface area contributed by atoms with Gasteiger partial charge in [0.1, 0.15) is 0 Å². The molecule has 0 unspecified atom stereocenters. The predicted octanol–water partition coefficient (Wildman–Crippen LogP) is 1.90. The van der Waals surface area contributed by atoms with Gasteiger partial charge >= 0.3 is 5.97 Å². The fraction of sp³-hybridized carbons (Fsp3) is 0.556. The van der Waals surface area contributed by atoms with Crippen LogP contribution in [0.15, 0.2) is 29.2 Å². The Morgan fingerprint density at radius 2 is 1.65 bits per heavy atom. The highest BCUT2D eigenvalue weighted by molar-refractivity contribution is 7.89. The second-order valence-electron chi connectivity index (χ2n) is 6.56. The van der Waals surface area contributed by atoms with Gasteiger partial charge in [-0.15, -0.1) is 0 Å². The van der Waals surface area contributed by atoms with Gasteiger partial charge in [0.05, 0.1) is 11.3 Å². The summed E-state index contributed by atoms with van der Waals surface area (Å²) < 4.78 is 26.9. The molecule has 1 heterocycles. The molecule has 1 aliphatic heterocycles. The van der Waals surface area contributed by atoms with E-state index in [0.29, 0.717) is 5.92 Å². The van der Waals surface area contributed by atoms with Gasteiger partial charge in [0.15, 0.2) is 0 Å². The Kier molecular flexibility index (Phi) is 6.77. The van der Waals surface area contributed by atoms with Crippen LogP contribution in [0.2, 0.25) is 0 Å². The van der Waals surface area contributed by atoms with E-state index >= 15 is 0 Å². The van der Waals surface area contributed by atoms with Gasteiger partial charge in [-0.1, -0.05) is 26.0 Å². The highest BCUT2D eigenvalue weighted by atomic mass is 32.2. The summed E-state index contributed by atoms with van der Waals surface area (Å²) in [5, 5.41) is 8.65. The molecule has 0 aromatic heterocycles. The van der Waals surface area contributed by atoms with E-state index in [1.54, 1.807) is 12.1 Å². The molecule has 0 spiro atoms. The molecule has 1 amide bonds. The molecule has 1 saturated heterocycles. The van der Waals surface area contributed by atoms with Crippen LogP contribution in [-0.4, -0.2) is 60.8 Å². The largest absolute Gasteiger partial charge is 0.481 e. The van der Waals surface area contributed by atoms with Crippen LogP contribution >= 0.6 is 0 Å². The standard InChI is InChI=1S/C18H26N2O5S/c1-3-14(2)15-4-6-16(7-5-15)26(24,25)20-12-10-19(11-13-20)17(21)8-9-18(22)23/h4-7,14H,3,8-13H2,1-2H3,(H,22,23)/t14-/m0/s1. The van der Waals surface area contributed by atoms with Crippen LogP contribution in [0.3, 0.4) is 0 Å². The van der Waals surface area contributed by atoms with Crippen LogP contribution in [0.1, 0.15) is 44.6 Å². The fourth-order valence-electron chi connectivity index (χ4n) is 2.90. The van der Waals surface area contributed by atoms with Crippen molar-refractivity contribution in [1.29, 1.82) is 0 Å². The first-order chi connectivity index (χ1) is 12.3. The number of nitrogens with zero attached hydrogens (tertiary/aromatic N) is 2. The molecular formula is C18H26N2O5S. The van der Waals surface area contributed by atoms with Gasteiger partial charge < -0.3 is 10.0 Å². The quantitative estimate of drug-likeness (QED) is 0.777. The molecule has 144 valence electrons. The van der Waals surface area contributed by atoms with E-state index in [9.17, 15) is 18.0 Å². The number of sulfonamides is 1. The van der Waals surface area contributed by atoms with Crippen molar-refractivity contribution in [3.8, 4) is 0 Å². The monoisotopic (exact) mass is 382 g/mol. The molecular weight excluding hydrogens is 356 g/mol. The van der Waals surface area contributed by atoms with Crippen molar-refractivity contribution in [1.82, 2.24) is 9.21 Å². The zero-order valence-corrected chi connectivity index (χ0v) is 16.0. The lowest BCUT2D eigenvalue weighted by atomic mass is 9.99.